The lowest BCUT2D eigenvalue weighted by atomic mass is 9.93. The Hall–Kier alpha value is -1.39. The van der Waals surface area contributed by atoms with Crippen molar-refractivity contribution in [2.75, 3.05) is 20.6 Å². The Labute approximate surface area is 101 Å². The lowest BCUT2D eigenvalue weighted by Crippen LogP contribution is -2.30. The van der Waals surface area contributed by atoms with Gasteiger partial charge in [0.1, 0.15) is 5.52 Å². The third kappa shape index (κ3) is 2.33. The van der Waals surface area contributed by atoms with Gasteiger partial charge in [0.05, 0.1) is 0 Å². The standard InChI is InChI=1S/C13H19N3O/c1-9(7-14)13(16(2)3)10-4-5-11-12(6-10)17-8-15-11/h4-6,8-9,13H,7,14H2,1-3H3. The molecule has 0 spiro atoms. The van der Waals surface area contributed by atoms with E-state index in [1.165, 1.54) is 12.0 Å². The third-order valence-corrected chi connectivity index (χ3v) is 3.16. The van der Waals surface area contributed by atoms with Crippen molar-refractivity contribution in [3.8, 4) is 0 Å². The van der Waals surface area contributed by atoms with Crippen LogP contribution >= 0.6 is 0 Å². The molecule has 0 aliphatic rings. The highest BCUT2D eigenvalue weighted by molar-refractivity contribution is 5.72. The van der Waals surface area contributed by atoms with E-state index in [1.54, 1.807) is 0 Å². The quantitative estimate of drug-likeness (QED) is 0.877. The summed E-state index contributed by atoms with van der Waals surface area (Å²) in [7, 11) is 4.14. The van der Waals surface area contributed by atoms with Crippen molar-refractivity contribution < 1.29 is 4.42 Å². The van der Waals surface area contributed by atoms with E-state index in [1.807, 2.05) is 6.07 Å². The molecule has 0 radical (unpaired) electrons. The minimum atomic E-state index is 0.300. The van der Waals surface area contributed by atoms with E-state index in [2.05, 4.69) is 43.0 Å². The van der Waals surface area contributed by atoms with Gasteiger partial charge in [-0.15, -0.1) is 0 Å². The molecule has 17 heavy (non-hydrogen) atoms. The zero-order chi connectivity index (χ0) is 12.4. The SMILES string of the molecule is CC(CN)C(c1ccc2ncoc2c1)N(C)C. The fourth-order valence-corrected chi connectivity index (χ4v) is 2.32. The first-order valence-corrected chi connectivity index (χ1v) is 5.83. The number of benzene rings is 1. The Bertz CT molecular complexity index is 492. The van der Waals surface area contributed by atoms with Crippen molar-refractivity contribution in [3.63, 3.8) is 0 Å². The first-order chi connectivity index (χ1) is 8.13. The fraction of sp³-hybridized carbons (Fsp3) is 0.462. The Morgan fingerprint density at radius 3 is 2.82 bits per heavy atom. The van der Waals surface area contributed by atoms with Gasteiger partial charge in [-0.2, -0.15) is 0 Å². The second-order valence-corrected chi connectivity index (χ2v) is 4.70. The molecule has 0 saturated heterocycles. The average molecular weight is 233 g/mol. The molecule has 0 bridgehead atoms. The summed E-state index contributed by atoms with van der Waals surface area (Å²) in [5.41, 5.74) is 8.72. The number of nitrogens with zero attached hydrogens (tertiary/aromatic N) is 2. The highest BCUT2D eigenvalue weighted by Crippen LogP contribution is 2.28. The molecule has 0 amide bonds. The molecule has 1 aromatic heterocycles. The van der Waals surface area contributed by atoms with Gasteiger partial charge in [-0.1, -0.05) is 13.0 Å². The topological polar surface area (TPSA) is 55.3 Å². The molecule has 2 N–H and O–H groups in total. The molecule has 1 aromatic carbocycles. The summed E-state index contributed by atoms with van der Waals surface area (Å²) in [5, 5.41) is 0. The summed E-state index contributed by atoms with van der Waals surface area (Å²) in [6, 6.07) is 6.45. The zero-order valence-corrected chi connectivity index (χ0v) is 10.6. The van der Waals surface area contributed by atoms with Gasteiger partial charge >= 0.3 is 0 Å². The predicted octanol–water partition coefficient (Wildman–Crippen LogP) is 2.03. The van der Waals surface area contributed by atoms with E-state index >= 15 is 0 Å². The van der Waals surface area contributed by atoms with E-state index in [4.69, 9.17) is 10.2 Å². The van der Waals surface area contributed by atoms with Crippen molar-refractivity contribution in [2.45, 2.75) is 13.0 Å². The van der Waals surface area contributed by atoms with Crippen LogP contribution in [0, 0.1) is 5.92 Å². The first-order valence-electron chi connectivity index (χ1n) is 5.83. The molecule has 0 aliphatic heterocycles. The van der Waals surface area contributed by atoms with Crippen LogP contribution in [0.3, 0.4) is 0 Å². The number of nitrogens with two attached hydrogens (primary N) is 1. The van der Waals surface area contributed by atoms with Crippen LogP contribution in [0.2, 0.25) is 0 Å². The summed E-state index contributed by atoms with van der Waals surface area (Å²) in [4.78, 5) is 6.31. The molecule has 0 aliphatic carbocycles. The minimum Gasteiger partial charge on any atom is -0.443 e. The molecule has 4 nitrogen and oxygen atoms in total. The molecule has 2 rings (SSSR count). The monoisotopic (exact) mass is 233 g/mol. The maximum atomic E-state index is 5.78. The molecular weight excluding hydrogens is 214 g/mol. The molecule has 2 aromatic rings. The maximum Gasteiger partial charge on any atom is 0.181 e. The summed E-state index contributed by atoms with van der Waals surface area (Å²) in [6.45, 7) is 2.83. The summed E-state index contributed by atoms with van der Waals surface area (Å²) < 4.78 is 5.34. The molecule has 0 fully saturated rings. The number of fused-ring (bicyclic) bond motifs is 1. The van der Waals surface area contributed by atoms with Gasteiger partial charge in [-0.3, -0.25) is 0 Å². The largest absolute Gasteiger partial charge is 0.443 e. The van der Waals surface area contributed by atoms with Gasteiger partial charge in [-0.25, -0.2) is 4.98 Å². The smallest absolute Gasteiger partial charge is 0.181 e. The maximum absolute atomic E-state index is 5.78. The molecule has 2 unspecified atom stereocenters. The highest BCUT2D eigenvalue weighted by Gasteiger charge is 2.21. The van der Waals surface area contributed by atoms with Gasteiger partial charge in [0.25, 0.3) is 0 Å². The molecular formula is C13H19N3O. The van der Waals surface area contributed by atoms with E-state index in [0.29, 0.717) is 18.5 Å². The summed E-state index contributed by atoms with van der Waals surface area (Å²) in [5.74, 6) is 0.394. The van der Waals surface area contributed by atoms with Crippen molar-refractivity contribution >= 4 is 11.1 Å². The van der Waals surface area contributed by atoms with Crippen LogP contribution in [0.25, 0.3) is 11.1 Å². The lowest BCUT2D eigenvalue weighted by molar-refractivity contribution is 0.227. The number of oxazole rings is 1. The molecule has 92 valence electrons. The fourth-order valence-electron chi connectivity index (χ4n) is 2.32. The van der Waals surface area contributed by atoms with Gasteiger partial charge in [0.2, 0.25) is 0 Å². The van der Waals surface area contributed by atoms with Crippen molar-refractivity contribution in [1.29, 1.82) is 0 Å². The normalized spacial score (nSPS) is 15.4. The van der Waals surface area contributed by atoms with Gasteiger partial charge in [0, 0.05) is 6.04 Å². The van der Waals surface area contributed by atoms with Gasteiger partial charge in [-0.05, 0) is 44.3 Å². The van der Waals surface area contributed by atoms with E-state index in [-0.39, 0.29) is 0 Å². The summed E-state index contributed by atoms with van der Waals surface area (Å²) in [6.07, 6.45) is 1.48. The average Bonchev–Trinajstić information content (AvgIpc) is 2.75. The van der Waals surface area contributed by atoms with E-state index in [9.17, 15) is 0 Å². The van der Waals surface area contributed by atoms with E-state index in [0.717, 1.165) is 11.1 Å². The number of hydrogen-bond acceptors (Lipinski definition) is 4. The van der Waals surface area contributed by atoms with Crippen LogP contribution in [-0.2, 0) is 0 Å². The minimum absolute atomic E-state index is 0.300. The van der Waals surface area contributed by atoms with E-state index < -0.39 is 0 Å². The Balaban J connectivity index is 2.40. The predicted molar refractivity (Wildman–Crippen MR) is 68.7 cm³/mol. The van der Waals surface area contributed by atoms with Crippen LogP contribution in [0.5, 0.6) is 0 Å². The molecule has 4 heteroatoms. The molecule has 2 atom stereocenters. The van der Waals surface area contributed by atoms with Crippen molar-refractivity contribution in [1.82, 2.24) is 9.88 Å². The van der Waals surface area contributed by atoms with Gasteiger partial charge in [0.15, 0.2) is 12.0 Å². The van der Waals surface area contributed by atoms with Crippen LogP contribution < -0.4 is 5.73 Å². The highest BCUT2D eigenvalue weighted by atomic mass is 16.3. The molecule has 0 saturated carbocycles. The second kappa shape index (κ2) is 4.85. The van der Waals surface area contributed by atoms with Crippen LogP contribution in [0.1, 0.15) is 18.5 Å². The van der Waals surface area contributed by atoms with Crippen LogP contribution in [-0.4, -0.2) is 30.5 Å². The Kier molecular flexibility index (Phi) is 3.45. The number of rotatable bonds is 4. The van der Waals surface area contributed by atoms with Gasteiger partial charge < -0.3 is 15.1 Å². The molecule has 1 heterocycles. The zero-order valence-electron chi connectivity index (χ0n) is 10.6. The Morgan fingerprint density at radius 2 is 2.18 bits per heavy atom. The Morgan fingerprint density at radius 1 is 1.41 bits per heavy atom. The second-order valence-electron chi connectivity index (χ2n) is 4.70. The number of hydrogen-bond donors (Lipinski definition) is 1. The first kappa shape index (κ1) is 12.1. The van der Waals surface area contributed by atoms with Crippen LogP contribution in [0.15, 0.2) is 29.0 Å². The van der Waals surface area contributed by atoms with Crippen molar-refractivity contribution in [3.05, 3.63) is 30.2 Å². The lowest BCUT2D eigenvalue weighted by Gasteiger charge is -2.29. The number of aromatic nitrogens is 1. The summed E-state index contributed by atoms with van der Waals surface area (Å²) >= 11 is 0. The van der Waals surface area contributed by atoms with Crippen molar-refractivity contribution in [2.24, 2.45) is 11.7 Å². The third-order valence-electron chi connectivity index (χ3n) is 3.16. The van der Waals surface area contributed by atoms with Crippen LogP contribution in [0.4, 0.5) is 0 Å².